The van der Waals surface area contributed by atoms with Gasteiger partial charge in [0.15, 0.2) is 0 Å². The maximum Gasteiger partial charge on any atom is 0.301 e. The number of nitro groups is 2. The number of ether oxygens (including phenoxy) is 1. The summed E-state index contributed by atoms with van der Waals surface area (Å²) in [5.74, 6) is 0.640. The first kappa shape index (κ1) is 19.1. The number of hydrogen-bond acceptors (Lipinski definition) is 7. The van der Waals surface area contributed by atoms with Crippen LogP contribution in [0, 0.1) is 20.2 Å². The van der Waals surface area contributed by atoms with E-state index in [1.807, 2.05) is 0 Å². The van der Waals surface area contributed by atoms with Crippen LogP contribution in [0.4, 0.5) is 17.1 Å². The van der Waals surface area contributed by atoms with Crippen molar-refractivity contribution in [1.82, 2.24) is 0 Å². The molecule has 0 aliphatic carbocycles. The van der Waals surface area contributed by atoms with Gasteiger partial charge in [0, 0.05) is 6.07 Å². The number of hydrazone groups is 1. The fraction of sp³-hybridized carbons (Fsp3) is 0.0625. The molecule has 0 aromatic heterocycles. The number of nitrogens with zero attached hydrogens (tertiary/aromatic N) is 3. The van der Waals surface area contributed by atoms with E-state index in [-0.39, 0.29) is 11.4 Å². The van der Waals surface area contributed by atoms with E-state index in [4.69, 9.17) is 4.74 Å². The third kappa shape index (κ3) is 4.86. The smallest absolute Gasteiger partial charge is 0.301 e. The van der Waals surface area contributed by atoms with Crippen molar-refractivity contribution in [3.05, 3.63) is 79.3 Å². The van der Waals surface area contributed by atoms with Crippen molar-refractivity contribution < 1.29 is 14.6 Å². The molecule has 0 aliphatic rings. The van der Waals surface area contributed by atoms with Crippen LogP contribution in [-0.4, -0.2) is 22.7 Å². The van der Waals surface area contributed by atoms with Crippen LogP contribution in [0.25, 0.3) is 0 Å². The summed E-state index contributed by atoms with van der Waals surface area (Å²) in [5.41, 5.74) is 2.47. The van der Waals surface area contributed by atoms with Crippen LogP contribution in [0.3, 0.4) is 0 Å². The average molecular weight is 421 g/mol. The third-order valence-corrected chi connectivity index (χ3v) is 3.72. The van der Waals surface area contributed by atoms with E-state index in [1.165, 1.54) is 12.3 Å². The molecule has 0 heterocycles. The van der Waals surface area contributed by atoms with Gasteiger partial charge >= 0.3 is 5.69 Å². The predicted molar refractivity (Wildman–Crippen MR) is 101 cm³/mol. The van der Waals surface area contributed by atoms with Gasteiger partial charge in [-0.15, -0.1) is 0 Å². The molecule has 0 fully saturated rings. The van der Waals surface area contributed by atoms with Crippen LogP contribution < -0.4 is 10.2 Å². The molecule has 0 amide bonds. The number of nitro benzene ring substituents is 2. The highest BCUT2D eigenvalue weighted by atomic mass is 79.9. The molecule has 2 rings (SSSR count). The lowest BCUT2D eigenvalue weighted by atomic mass is 10.2. The Labute approximate surface area is 156 Å². The van der Waals surface area contributed by atoms with E-state index >= 15 is 0 Å². The van der Waals surface area contributed by atoms with Crippen molar-refractivity contribution in [2.75, 3.05) is 12.0 Å². The van der Waals surface area contributed by atoms with Crippen LogP contribution in [0.2, 0.25) is 0 Å². The average Bonchev–Trinajstić information content (AvgIpc) is 2.61. The standard InChI is InChI=1S/C16H13BrN4O5/c1-2-7-26-16-6-3-11(8-13(16)17)10-18-19-14-5-4-12(20(22)23)9-15(14)21(24)25/h2-6,8-10,19H,1,7H2/b18-10-. The monoisotopic (exact) mass is 420 g/mol. The lowest BCUT2D eigenvalue weighted by molar-refractivity contribution is -0.393. The van der Waals surface area contributed by atoms with Crippen LogP contribution in [-0.2, 0) is 0 Å². The van der Waals surface area contributed by atoms with Gasteiger partial charge < -0.3 is 4.74 Å². The summed E-state index contributed by atoms with van der Waals surface area (Å²) in [6, 6.07) is 8.51. The Kier molecular flexibility index (Phi) is 6.39. The molecule has 134 valence electrons. The maximum atomic E-state index is 11.1. The van der Waals surface area contributed by atoms with E-state index in [0.717, 1.165) is 12.1 Å². The van der Waals surface area contributed by atoms with Crippen molar-refractivity contribution in [3.8, 4) is 5.75 Å². The van der Waals surface area contributed by atoms with Gasteiger partial charge in [0.1, 0.15) is 18.0 Å². The molecule has 0 aliphatic heterocycles. The fourth-order valence-corrected chi connectivity index (χ4v) is 2.43. The molecule has 1 N–H and O–H groups in total. The highest BCUT2D eigenvalue weighted by molar-refractivity contribution is 9.10. The molecule has 0 unspecified atom stereocenters. The number of anilines is 1. The first-order valence-electron chi connectivity index (χ1n) is 7.17. The van der Waals surface area contributed by atoms with Gasteiger partial charge in [-0.2, -0.15) is 5.10 Å². The maximum absolute atomic E-state index is 11.1. The molecule has 0 bridgehead atoms. The van der Waals surface area contributed by atoms with Crippen molar-refractivity contribution >= 4 is 39.2 Å². The summed E-state index contributed by atoms with van der Waals surface area (Å²) in [6.07, 6.45) is 3.08. The molecular formula is C16H13BrN4O5. The molecule has 0 spiro atoms. The Morgan fingerprint density at radius 2 is 1.96 bits per heavy atom. The topological polar surface area (TPSA) is 120 Å². The number of rotatable bonds is 8. The third-order valence-electron chi connectivity index (χ3n) is 3.10. The van der Waals surface area contributed by atoms with Crippen molar-refractivity contribution in [3.63, 3.8) is 0 Å². The van der Waals surface area contributed by atoms with Crippen LogP contribution in [0.1, 0.15) is 5.56 Å². The molecule has 0 saturated carbocycles. The van der Waals surface area contributed by atoms with Gasteiger partial charge in [-0.3, -0.25) is 25.7 Å². The molecule has 10 heteroatoms. The van der Waals surface area contributed by atoms with E-state index in [1.54, 1.807) is 24.3 Å². The molecule has 0 saturated heterocycles. The Hall–Kier alpha value is -3.27. The van der Waals surface area contributed by atoms with E-state index in [9.17, 15) is 20.2 Å². The van der Waals surface area contributed by atoms with E-state index in [0.29, 0.717) is 22.4 Å². The Morgan fingerprint density at radius 1 is 1.19 bits per heavy atom. The number of nitrogens with one attached hydrogen (secondary N) is 1. The normalized spacial score (nSPS) is 10.5. The first-order chi connectivity index (χ1) is 12.4. The Balaban J connectivity index is 2.15. The van der Waals surface area contributed by atoms with Gasteiger partial charge in [-0.05, 0) is 45.8 Å². The number of hydrogen-bond donors (Lipinski definition) is 1. The number of halogens is 1. The van der Waals surface area contributed by atoms with Crippen LogP contribution in [0.15, 0.2) is 58.6 Å². The highest BCUT2D eigenvalue weighted by Crippen LogP contribution is 2.29. The van der Waals surface area contributed by atoms with Gasteiger partial charge in [-0.25, -0.2) is 0 Å². The SMILES string of the molecule is C=CCOc1ccc(/C=N\Nc2ccc([N+](=O)[O-])cc2[N+](=O)[O-])cc1Br. The predicted octanol–water partition coefficient (Wildman–Crippen LogP) is 4.28. The van der Waals surface area contributed by atoms with Crippen molar-refractivity contribution in [2.45, 2.75) is 0 Å². The zero-order chi connectivity index (χ0) is 19.1. The van der Waals surface area contributed by atoms with Gasteiger partial charge in [-0.1, -0.05) is 12.7 Å². The summed E-state index contributed by atoms with van der Waals surface area (Å²) >= 11 is 3.37. The van der Waals surface area contributed by atoms with Gasteiger partial charge in [0.25, 0.3) is 5.69 Å². The molecule has 9 nitrogen and oxygen atoms in total. The second-order valence-electron chi connectivity index (χ2n) is 4.88. The summed E-state index contributed by atoms with van der Waals surface area (Å²) in [4.78, 5) is 20.4. The zero-order valence-corrected chi connectivity index (χ0v) is 14.9. The summed E-state index contributed by atoms with van der Waals surface area (Å²) in [5, 5.41) is 25.7. The fourth-order valence-electron chi connectivity index (χ4n) is 1.92. The van der Waals surface area contributed by atoms with Crippen molar-refractivity contribution in [1.29, 1.82) is 0 Å². The van der Waals surface area contributed by atoms with E-state index in [2.05, 4.69) is 33.0 Å². The lowest BCUT2D eigenvalue weighted by Crippen LogP contribution is -1.99. The zero-order valence-electron chi connectivity index (χ0n) is 13.3. The second kappa shape index (κ2) is 8.72. The minimum absolute atomic E-state index is 0.0434. The van der Waals surface area contributed by atoms with Crippen LogP contribution in [0.5, 0.6) is 5.75 Å². The largest absolute Gasteiger partial charge is 0.488 e. The number of benzene rings is 2. The van der Waals surface area contributed by atoms with Gasteiger partial charge in [0.05, 0.1) is 26.6 Å². The van der Waals surface area contributed by atoms with E-state index < -0.39 is 15.5 Å². The van der Waals surface area contributed by atoms with Crippen molar-refractivity contribution in [2.24, 2.45) is 5.10 Å². The molecule has 0 atom stereocenters. The minimum atomic E-state index is -0.715. The second-order valence-corrected chi connectivity index (χ2v) is 5.73. The van der Waals surface area contributed by atoms with Gasteiger partial charge in [0.2, 0.25) is 0 Å². The molecule has 2 aromatic rings. The molecule has 26 heavy (non-hydrogen) atoms. The Bertz CT molecular complexity index is 885. The quantitative estimate of drug-likeness (QED) is 0.294. The lowest BCUT2D eigenvalue weighted by Gasteiger charge is -2.06. The summed E-state index contributed by atoms with van der Waals surface area (Å²) in [6.45, 7) is 3.94. The number of non-ortho nitro benzene ring substituents is 1. The highest BCUT2D eigenvalue weighted by Gasteiger charge is 2.19. The minimum Gasteiger partial charge on any atom is -0.488 e. The first-order valence-corrected chi connectivity index (χ1v) is 7.97. The van der Waals surface area contributed by atoms with Crippen LogP contribution >= 0.6 is 15.9 Å². The molecule has 2 aromatic carbocycles. The Morgan fingerprint density at radius 3 is 2.58 bits per heavy atom. The summed E-state index contributed by atoms with van der Waals surface area (Å²) in [7, 11) is 0. The molecular weight excluding hydrogens is 408 g/mol. The summed E-state index contributed by atoms with van der Waals surface area (Å²) < 4.78 is 6.14. The molecule has 0 radical (unpaired) electrons.